The third-order valence-corrected chi connectivity index (χ3v) is 3.82. The number of nitrogens with zero attached hydrogens (tertiary/aromatic N) is 2. The van der Waals surface area contributed by atoms with E-state index in [1.807, 2.05) is 53.4 Å². The standard InChI is InChI=1S/C19H13FN2/c20-17-7-1-2-8-19(17)22-12-10-16-15(6-3-9-18(16)22)14-5-4-11-21-13-14/h1-13H. The van der Waals surface area contributed by atoms with E-state index in [-0.39, 0.29) is 5.82 Å². The highest BCUT2D eigenvalue weighted by atomic mass is 19.1. The van der Waals surface area contributed by atoms with Crippen molar-refractivity contribution in [3.8, 4) is 16.8 Å². The monoisotopic (exact) mass is 288 g/mol. The van der Waals surface area contributed by atoms with Crippen molar-refractivity contribution >= 4 is 10.9 Å². The van der Waals surface area contributed by atoms with Crippen LogP contribution < -0.4 is 0 Å². The first kappa shape index (κ1) is 12.8. The van der Waals surface area contributed by atoms with Crippen LogP contribution in [0.2, 0.25) is 0 Å². The van der Waals surface area contributed by atoms with E-state index in [1.54, 1.807) is 18.3 Å². The Hall–Kier alpha value is -2.94. The molecule has 0 radical (unpaired) electrons. The van der Waals surface area contributed by atoms with Gasteiger partial charge in [-0.2, -0.15) is 0 Å². The molecule has 0 N–H and O–H groups in total. The molecule has 2 heterocycles. The zero-order chi connectivity index (χ0) is 14.9. The van der Waals surface area contributed by atoms with Crippen molar-refractivity contribution in [2.75, 3.05) is 0 Å². The van der Waals surface area contributed by atoms with E-state index in [0.717, 1.165) is 22.0 Å². The Morgan fingerprint density at radius 2 is 1.77 bits per heavy atom. The Labute approximate surface area is 127 Å². The lowest BCUT2D eigenvalue weighted by atomic mass is 10.0. The van der Waals surface area contributed by atoms with Gasteiger partial charge in [-0.05, 0) is 35.9 Å². The summed E-state index contributed by atoms with van der Waals surface area (Å²) in [5.41, 5.74) is 3.69. The molecule has 0 aliphatic heterocycles. The molecule has 4 rings (SSSR count). The van der Waals surface area contributed by atoms with E-state index in [2.05, 4.69) is 11.1 Å². The highest BCUT2D eigenvalue weighted by Gasteiger charge is 2.10. The number of halogens is 1. The lowest BCUT2D eigenvalue weighted by Crippen LogP contribution is -1.95. The smallest absolute Gasteiger partial charge is 0.147 e. The van der Waals surface area contributed by atoms with Gasteiger partial charge in [0.1, 0.15) is 5.82 Å². The summed E-state index contributed by atoms with van der Waals surface area (Å²) in [6.07, 6.45) is 5.51. The fraction of sp³-hybridized carbons (Fsp3) is 0. The van der Waals surface area contributed by atoms with E-state index in [4.69, 9.17) is 0 Å². The maximum absolute atomic E-state index is 14.1. The zero-order valence-corrected chi connectivity index (χ0v) is 11.8. The van der Waals surface area contributed by atoms with Crippen LogP contribution in [0, 0.1) is 5.82 Å². The van der Waals surface area contributed by atoms with Crippen molar-refractivity contribution in [3.05, 3.63) is 85.1 Å². The highest BCUT2D eigenvalue weighted by molar-refractivity contribution is 5.96. The summed E-state index contributed by atoms with van der Waals surface area (Å²) in [6.45, 7) is 0. The molecule has 0 amide bonds. The first-order valence-electron chi connectivity index (χ1n) is 7.10. The van der Waals surface area contributed by atoms with Crippen molar-refractivity contribution in [1.82, 2.24) is 9.55 Å². The van der Waals surface area contributed by atoms with Gasteiger partial charge in [0.2, 0.25) is 0 Å². The van der Waals surface area contributed by atoms with Crippen LogP contribution in [0.5, 0.6) is 0 Å². The van der Waals surface area contributed by atoms with Gasteiger partial charge in [-0.15, -0.1) is 0 Å². The Morgan fingerprint density at radius 3 is 2.59 bits per heavy atom. The topological polar surface area (TPSA) is 17.8 Å². The van der Waals surface area contributed by atoms with Crippen LogP contribution in [0.1, 0.15) is 0 Å². The molecule has 0 fully saturated rings. The van der Waals surface area contributed by atoms with Gasteiger partial charge in [-0.25, -0.2) is 4.39 Å². The molecule has 0 spiro atoms. The summed E-state index contributed by atoms with van der Waals surface area (Å²) in [7, 11) is 0. The van der Waals surface area contributed by atoms with Gasteiger partial charge >= 0.3 is 0 Å². The SMILES string of the molecule is Fc1ccccc1-n1ccc2c(-c3cccnc3)cccc21. The van der Waals surface area contributed by atoms with E-state index >= 15 is 0 Å². The molecule has 106 valence electrons. The average Bonchev–Trinajstić information content (AvgIpc) is 3.00. The van der Waals surface area contributed by atoms with E-state index < -0.39 is 0 Å². The summed E-state index contributed by atoms with van der Waals surface area (Å²) >= 11 is 0. The normalized spacial score (nSPS) is 11.0. The van der Waals surface area contributed by atoms with Crippen LogP contribution in [-0.4, -0.2) is 9.55 Å². The molecule has 3 heteroatoms. The molecular formula is C19H13FN2. The number of fused-ring (bicyclic) bond motifs is 1. The molecular weight excluding hydrogens is 275 g/mol. The predicted octanol–water partition coefficient (Wildman–Crippen LogP) is 4.83. The van der Waals surface area contributed by atoms with E-state index in [9.17, 15) is 4.39 Å². The molecule has 4 aromatic rings. The van der Waals surface area contributed by atoms with Crippen LogP contribution in [0.25, 0.3) is 27.7 Å². The van der Waals surface area contributed by atoms with Gasteiger partial charge in [0.25, 0.3) is 0 Å². The Morgan fingerprint density at radius 1 is 0.864 bits per heavy atom. The van der Waals surface area contributed by atoms with Gasteiger partial charge in [0, 0.05) is 29.5 Å². The molecule has 2 aromatic heterocycles. The summed E-state index contributed by atoms with van der Waals surface area (Å²) in [6, 6.07) is 18.8. The summed E-state index contributed by atoms with van der Waals surface area (Å²) in [5, 5.41) is 1.08. The summed E-state index contributed by atoms with van der Waals surface area (Å²) in [4.78, 5) is 4.18. The van der Waals surface area contributed by atoms with Crippen molar-refractivity contribution in [2.24, 2.45) is 0 Å². The van der Waals surface area contributed by atoms with Crippen molar-refractivity contribution in [3.63, 3.8) is 0 Å². The van der Waals surface area contributed by atoms with Gasteiger partial charge in [-0.1, -0.05) is 30.3 Å². The number of pyridine rings is 1. The van der Waals surface area contributed by atoms with Crippen LogP contribution in [-0.2, 0) is 0 Å². The Bertz CT molecular complexity index is 942. The number of hydrogen-bond acceptors (Lipinski definition) is 1. The number of para-hydroxylation sites is 1. The van der Waals surface area contributed by atoms with Crippen LogP contribution in [0.4, 0.5) is 4.39 Å². The van der Waals surface area contributed by atoms with E-state index in [1.165, 1.54) is 6.07 Å². The lowest BCUT2D eigenvalue weighted by Gasteiger charge is -2.08. The van der Waals surface area contributed by atoms with Crippen molar-refractivity contribution in [1.29, 1.82) is 0 Å². The Balaban J connectivity index is 1.97. The summed E-state index contributed by atoms with van der Waals surface area (Å²) in [5.74, 6) is -0.230. The van der Waals surface area contributed by atoms with Crippen LogP contribution >= 0.6 is 0 Å². The maximum atomic E-state index is 14.1. The van der Waals surface area contributed by atoms with Crippen molar-refractivity contribution in [2.45, 2.75) is 0 Å². The third-order valence-electron chi connectivity index (χ3n) is 3.82. The first-order chi connectivity index (χ1) is 10.8. The molecule has 0 bridgehead atoms. The van der Waals surface area contributed by atoms with Gasteiger partial charge in [0.05, 0.1) is 11.2 Å². The second-order valence-corrected chi connectivity index (χ2v) is 5.12. The maximum Gasteiger partial charge on any atom is 0.147 e. The number of rotatable bonds is 2. The molecule has 0 atom stereocenters. The minimum atomic E-state index is -0.230. The minimum absolute atomic E-state index is 0.230. The molecule has 2 nitrogen and oxygen atoms in total. The van der Waals surface area contributed by atoms with E-state index in [0.29, 0.717) is 5.69 Å². The average molecular weight is 288 g/mol. The minimum Gasteiger partial charge on any atom is -0.314 e. The largest absolute Gasteiger partial charge is 0.314 e. The molecule has 0 unspecified atom stereocenters. The summed E-state index contributed by atoms with van der Waals surface area (Å²) < 4.78 is 16.0. The molecule has 0 aliphatic rings. The van der Waals surface area contributed by atoms with Gasteiger partial charge in [0.15, 0.2) is 0 Å². The number of aromatic nitrogens is 2. The first-order valence-corrected chi connectivity index (χ1v) is 7.10. The highest BCUT2D eigenvalue weighted by Crippen LogP contribution is 2.30. The molecule has 2 aromatic carbocycles. The zero-order valence-electron chi connectivity index (χ0n) is 11.8. The fourth-order valence-electron chi connectivity index (χ4n) is 2.80. The Kier molecular flexibility index (Phi) is 2.97. The second-order valence-electron chi connectivity index (χ2n) is 5.12. The molecule has 0 saturated carbocycles. The molecule has 22 heavy (non-hydrogen) atoms. The third kappa shape index (κ3) is 1.99. The molecule has 0 aliphatic carbocycles. The number of benzene rings is 2. The van der Waals surface area contributed by atoms with Crippen LogP contribution in [0.15, 0.2) is 79.3 Å². The lowest BCUT2D eigenvalue weighted by molar-refractivity contribution is 0.620. The second kappa shape index (κ2) is 5.11. The number of hydrogen-bond donors (Lipinski definition) is 0. The van der Waals surface area contributed by atoms with Crippen molar-refractivity contribution < 1.29 is 4.39 Å². The molecule has 0 saturated heterocycles. The fourth-order valence-corrected chi connectivity index (χ4v) is 2.80. The predicted molar refractivity (Wildman–Crippen MR) is 86.5 cm³/mol. The van der Waals surface area contributed by atoms with Gasteiger partial charge < -0.3 is 4.57 Å². The van der Waals surface area contributed by atoms with Crippen LogP contribution in [0.3, 0.4) is 0 Å². The van der Waals surface area contributed by atoms with Gasteiger partial charge in [-0.3, -0.25) is 4.98 Å². The quantitative estimate of drug-likeness (QED) is 0.516.